The molecule has 0 unspecified atom stereocenters. The summed E-state index contributed by atoms with van der Waals surface area (Å²) in [7, 11) is 0. The van der Waals surface area contributed by atoms with Gasteiger partial charge >= 0.3 is 0 Å². The van der Waals surface area contributed by atoms with E-state index in [0.29, 0.717) is 11.6 Å². The SMILES string of the molecule is CCN1CCN(C(=O)c2cc(C)nc(Nc3ccc(C)cc3)n2)CC1. The molecule has 6 heteroatoms. The van der Waals surface area contributed by atoms with Gasteiger partial charge in [0.25, 0.3) is 5.91 Å². The molecule has 0 spiro atoms. The van der Waals surface area contributed by atoms with Crippen LogP contribution in [0.2, 0.25) is 0 Å². The fraction of sp³-hybridized carbons (Fsp3) is 0.421. The molecule has 2 heterocycles. The van der Waals surface area contributed by atoms with Crippen molar-refractivity contribution in [2.24, 2.45) is 0 Å². The molecule has 1 aliphatic rings. The molecule has 0 atom stereocenters. The lowest BCUT2D eigenvalue weighted by molar-refractivity contribution is 0.0637. The Hall–Kier alpha value is -2.47. The van der Waals surface area contributed by atoms with Gasteiger partial charge in [0, 0.05) is 37.6 Å². The van der Waals surface area contributed by atoms with Gasteiger partial charge in [0.05, 0.1) is 0 Å². The molecule has 2 aromatic rings. The molecule has 1 aromatic heterocycles. The second-order valence-electron chi connectivity index (χ2n) is 6.44. The van der Waals surface area contributed by atoms with Crippen molar-refractivity contribution in [2.75, 3.05) is 38.0 Å². The van der Waals surface area contributed by atoms with Crippen LogP contribution in [0.5, 0.6) is 0 Å². The number of carbonyl (C=O) groups is 1. The molecule has 0 aliphatic carbocycles. The molecule has 1 saturated heterocycles. The van der Waals surface area contributed by atoms with Gasteiger partial charge in [0.15, 0.2) is 0 Å². The lowest BCUT2D eigenvalue weighted by Gasteiger charge is -2.33. The smallest absolute Gasteiger partial charge is 0.272 e. The van der Waals surface area contributed by atoms with E-state index >= 15 is 0 Å². The Labute approximate surface area is 148 Å². The molecular formula is C19H25N5O. The van der Waals surface area contributed by atoms with Gasteiger partial charge in [-0.1, -0.05) is 24.6 Å². The molecule has 25 heavy (non-hydrogen) atoms. The van der Waals surface area contributed by atoms with E-state index in [4.69, 9.17) is 0 Å². The Bertz CT molecular complexity index is 736. The number of piperazine rings is 1. The summed E-state index contributed by atoms with van der Waals surface area (Å²) < 4.78 is 0. The van der Waals surface area contributed by atoms with Crippen LogP contribution in [0, 0.1) is 13.8 Å². The van der Waals surface area contributed by atoms with Crippen molar-refractivity contribution in [2.45, 2.75) is 20.8 Å². The van der Waals surface area contributed by atoms with Crippen molar-refractivity contribution in [3.05, 3.63) is 47.3 Å². The first-order valence-corrected chi connectivity index (χ1v) is 8.76. The number of hydrogen-bond acceptors (Lipinski definition) is 5. The largest absolute Gasteiger partial charge is 0.335 e. The number of hydrogen-bond donors (Lipinski definition) is 1. The Morgan fingerprint density at radius 2 is 1.76 bits per heavy atom. The number of likely N-dealkylation sites (N-methyl/N-ethyl adjacent to an activating group) is 1. The minimum absolute atomic E-state index is 0.0202. The number of amides is 1. The van der Waals surface area contributed by atoms with Crippen LogP contribution < -0.4 is 5.32 Å². The highest BCUT2D eigenvalue weighted by molar-refractivity contribution is 5.92. The van der Waals surface area contributed by atoms with Crippen LogP contribution in [-0.2, 0) is 0 Å². The maximum Gasteiger partial charge on any atom is 0.272 e. The van der Waals surface area contributed by atoms with Crippen molar-refractivity contribution in [1.82, 2.24) is 19.8 Å². The van der Waals surface area contributed by atoms with Crippen LogP contribution in [0.4, 0.5) is 11.6 Å². The van der Waals surface area contributed by atoms with Crippen LogP contribution in [0.15, 0.2) is 30.3 Å². The summed E-state index contributed by atoms with van der Waals surface area (Å²) in [6.07, 6.45) is 0. The first-order valence-electron chi connectivity index (χ1n) is 8.76. The minimum atomic E-state index is -0.0202. The Balaban J connectivity index is 1.74. The molecule has 0 saturated carbocycles. The molecule has 1 aromatic carbocycles. The van der Waals surface area contributed by atoms with Gasteiger partial charge in [-0.05, 0) is 38.6 Å². The summed E-state index contributed by atoms with van der Waals surface area (Å²) in [5, 5.41) is 3.19. The van der Waals surface area contributed by atoms with E-state index < -0.39 is 0 Å². The molecule has 6 nitrogen and oxygen atoms in total. The standard InChI is InChI=1S/C19H25N5O/c1-4-23-9-11-24(12-10-23)18(25)17-13-15(3)20-19(22-17)21-16-7-5-14(2)6-8-16/h5-8,13H,4,9-12H2,1-3H3,(H,20,21,22). The molecule has 1 fully saturated rings. The molecular weight excluding hydrogens is 314 g/mol. The average molecular weight is 339 g/mol. The minimum Gasteiger partial charge on any atom is -0.335 e. The van der Waals surface area contributed by atoms with Crippen LogP contribution in [0.25, 0.3) is 0 Å². The maximum atomic E-state index is 12.8. The van der Waals surface area contributed by atoms with Crippen molar-refractivity contribution in [1.29, 1.82) is 0 Å². The first kappa shape index (κ1) is 17.4. The molecule has 1 N–H and O–H groups in total. The highest BCUT2D eigenvalue weighted by atomic mass is 16.2. The summed E-state index contributed by atoms with van der Waals surface area (Å²) >= 11 is 0. The topological polar surface area (TPSA) is 61.4 Å². The molecule has 1 amide bonds. The van der Waals surface area contributed by atoms with Gasteiger partial charge in [0.2, 0.25) is 5.95 Å². The van der Waals surface area contributed by atoms with E-state index in [2.05, 4.69) is 27.1 Å². The Morgan fingerprint density at radius 1 is 1.08 bits per heavy atom. The van der Waals surface area contributed by atoms with Gasteiger partial charge < -0.3 is 15.1 Å². The highest BCUT2D eigenvalue weighted by Gasteiger charge is 2.23. The summed E-state index contributed by atoms with van der Waals surface area (Å²) in [5.41, 5.74) is 3.33. The molecule has 0 bridgehead atoms. The van der Waals surface area contributed by atoms with Crippen molar-refractivity contribution in [3.63, 3.8) is 0 Å². The van der Waals surface area contributed by atoms with Crippen molar-refractivity contribution >= 4 is 17.5 Å². The van der Waals surface area contributed by atoms with E-state index in [1.165, 1.54) is 5.56 Å². The molecule has 0 radical (unpaired) electrons. The summed E-state index contributed by atoms with van der Waals surface area (Å²) in [4.78, 5) is 25.9. The van der Waals surface area contributed by atoms with Gasteiger partial charge in [0.1, 0.15) is 5.69 Å². The monoisotopic (exact) mass is 339 g/mol. The van der Waals surface area contributed by atoms with Crippen LogP contribution in [0.1, 0.15) is 28.7 Å². The third-order valence-corrected chi connectivity index (χ3v) is 4.49. The summed E-state index contributed by atoms with van der Waals surface area (Å²) in [5.74, 6) is 0.438. The maximum absolute atomic E-state index is 12.8. The second kappa shape index (κ2) is 7.61. The third kappa shape index (κ3) is 4.33. The normalized spacial score (nSPS) is 15.2. The van der Waals surface area contributed by atoms with Crippen molar-refractivity contribution < 1.29 is 4.79 Å². The zero-order chi connectivity index (χ0) is 17.8. The van der Waals surface area contributed by atoms with E-state index in [9.17, 15) is 4.79 Å². The average Bonchev–Trinajstić information content (AvgIpc) is 2.62. The zero-order valence-corrected chi connectivity index (χ0v) is 15.1. The lowest BCUT2D eigenvalue weighted by atomic mass is 10.2. The number of benzene rings is 1. The predicted octanol–water partition coefficient (Wildman–Crippen LogP) is 2.61. The quantitative estimate of drug-likeness (QED) is 0.928. The van der Waals surface area contributed by atoms with Gasteiger partial charge in [-0.25, -0.2) is 9.97 Å². The Morgan fingerprint density at radius 3 is 2.40 bits per heavy atom. The fourth-order valence-electron chi connectivity index (χ4n) is 2.93. The number of nitrogens with zero attached hydrogens (tertiary/aromatic N) is 4. The van der Waals surface area contributed by atoms with E-state index in [0.717, 1.165) is 44.1 Å². The number of anilines is 2. The first-order chi connectivity index (χ1) is 12.0. The Kier molecular flexibility index (Phi) is 5.28. The molecule has 3 rings (SSSR count). The number of aromatic nitrogens is 2. The predicted molar refractivity (Wildman–Crippen MR) is 99.2 cm³/mol. The molecule has 132 valence electrons. The molecule has 1 aliphatic heterocycles. The zero-order valence-electron chi connectivity index (χ0n) is 15.1. The third-order valence-electron chi connectivity index (χ3n) is 4.49. The van der Waals surface area contributed by atoms with Gasteiger partial charge in [-0.2, -0.15) is 0 Å². The van der Waals surface area contributed by atoms with Gasteiger partial charge in [-0.15, -0.1) is 0 Å². The fourth-order valence-corrected chi connectivity index (χ4v) is 2.93. The highest BCUT2D eigenvalue weighted by Crippen LogP contribution is 2.16. The number of carbonyl (C=O) groups excluding carboxylic acids is 1. The van der Waals surface area contributed by atoms with Crippen molar-refractivity contribution in [3.8, 4) is 0 Å². The van der Waals surface area contributed by atoms with Gasteiger partial charge in [-0.3, -0.25) is 4.79 Å². The number of nitrogens with one attached hydrogen (secondary N) is 1. The van der Waals surface area contributed by atoms with E-state index in [-0.39, 0.29) is 5.91 Å². The van der Waals surface area contributed by atoms with E-state index in [1.807, 2.05) is 43.0 Å². The van der Waals surface area contributed by atoms with Crippen LogP contribution in [0.3, 0.4) is 0 Å². The lowest BCUT2D eigenvalue weighted by Crippen LogP contribution is -2.48. The number of rotatable bonds is 4. The van der Waals surface area contributed by atoms with Crippen LogP contribution >= 0.6 is 0 Å². The van der Waals surface area contributed by atoms with Crippen LogP contribution in [-0.4, -0.2) is 58.4 Å². The second-order valence-corrected chi connectivity index (χ2v) is 6.44. The van der Waals surface area contributed by atoms with E-state index in [1.54, 1.807) is 6.07 Å². The number of aryl methyl sites for hydroxylation is 2. The summed E-state index contributed by atoms with van der Waals surface area (Å²) in [6, 6.07) is 9.77. The summed E-state index contributed by atoms with van der Waals surface area (Å²) in [6.45, 7) is 10.4.